The summed E-state index contributed by atoms with van der Waals surface area (Å²) in [5, 5.41) is 11.6. The van der Waals surface area contributed by atoms with Gasteiger partial charge in [-0.3, -0.25) is 4.79 Å². The van der Waals surface area contributed by atoms with Crippen LogP contribution in [0.25, 0.3) is 0 Å². The van der Waals surface area contributed by atoms with Crippen molar-refractivity contribution in [2.75, 3.05) is 18.4 Å². The first-order chi connectivity index (χ1) is 11.9. The van der Waals surface area contributed by atoms with Crippen molar-refractivity contribution in [2.45, 2.75) is 18.7 Å². The van der Waals surface area contributed by atoms with Crippen LogP contribution in [0.1, 0.15) is 29.8 Å². The molecule has 130 valence electrons. The Kier molecular flexibility index (Phi) is 5.91. The molecule has 2 rings (SSSR count). The molecule has 0 spiro atoms. The summed E-state index contributed by atoms with van der Waals surface area (Å²) in [6.07, 6.45) is 0. The predicted molar refractivity (Wildman–Crippen MR) is 95.7 cm³/mol. The second kappa shape index (κ2) is 7.92. The fourth-order valence-corrected chi connectivity index (χ4v) is 3.88. The van der Waals surface area contributed by atoms with E-state index in [0.717, 1.165) is 0 Å². The van der Waals surface area contributed by atoms with Crippen molar-refractivity contribution in [1.29, 1.82) is 5.26 Å². The highest BCUT2D eigenvalue weighted by molar-refractivity contribution is 7.89. The summed E-state index contributed by atoms with van der Waals surface area (Å²) < 4.78 is 26.5. The fraction of sp³-hybridized carbons (Fsp3) is 0.222. The summed E-state index contributed by atoms with van der Waals surface area (Å²) in [5.41, 5.74) is 1.09. The van der Waals surface area contributed by atoms with Crippen molar-refractivity contribution >= 4 is 21.6 Å². The van der Waals surface area contributed by atoms with Crippen molar-refractivity contribution in [3.8, 4) is 6.07 Å². The second-order valence-corrected chi connectivity index (χ2v) is 7.20. The Labute approximate surface area is 147 Å². The van der Waals surface area contributed by atoms with E-state index >= 15 is 0 Å². The minimum absolute atomic E-state index is 0.125. The van der Waals surface area contributed by atoms with Crippen LogP contribution in [-0.2, 0) is 10.0 Å². The van der Waals surface area contributed by atoms with Crippen LogP contribution >= 0.6 is 0 Å². The molecule has 0 heterocycles. The summed E-state index contributed by atoms with van der Waals surface area (Å²) in [6.45, 7) is 4.29. The van der Waals surface area contributed by atoms with Gasteiger partial charge in [-0.1, -0.05) is 26.0 Å². The van der Waals surface area contributed by atoms with Gasteiger partial charge in [0.05, 0.1) is 16.5 Å². The summed E-state index contributed by atoms with van der Waals surface area (Å²) in [7, 11) is -3.60. The molecule has 0 radical (unpaired) electrons. The first-order valence-electron chi connectivity index (χ1n) is 7.84. The molecule has 1 amide bonds. The number of nitriles is 1. The fourth-order valence-electron chi connectivity index (χ4n) is 2.38. The zero-order valence-electron chi connectivity index (χ0n) is 14.1. The second-order valence-electron chi connectivity index (χ2n) is 5.26. The molecule has 2 aromatic carbocycles. The highest BCUT2D eigenvalue weighted by atomic mass is 32.2. The quantitative estimate of drug-likeness (QED) is 0.861. The molecule has 0 bridgehead atoms. The van der Waals surface area contributed by atoms with Gasteiger partial charge in [-0.2, -0.15) is 9.57 Å². The Bertz CT molecular complexity index is 913. The SMILES string of the molecule is CCN(CC)S(=O)(=O)c1cccc(NC(=O)c2cccc(C#N)c2)c1. The Hall–Kier alpha value is -2.69. The third-order valence-corrected chi connectivity index (χ3v) is 5.73. The number of sulfonamides is 1. The van der Waals surface area contributed by atoms with Crippen molar-refractivity contribution < 1.29 is 13.2 Å². The number of carbonyl (C=O) groups is 1. The topological polar surface area (TPSA) is 90.3 Å². The van der Waals surface area contributed by atoms with Crippen LogP contribution in [0.5, 0.6) is 0 Å². The minimum Gasteiger partial charge on any atom is -0.322 e. The maximum absolute atomic E-state index is 12.6. The molecule has 0 aliphatic carbocycles. The molecular weight excluding hydrogens is 338 g/mol. The van der Waals surface area contributed by atoms with E-state index in [0.29, 0.717) is 29.9 Å². The molecule has 2 aromatic rings. The van der Waals surface area contributed by atoms with Crippen LogP contribution in [0, 0.1) is 11.3 Å². The number of hydrogen-bond acceptors (Lipinski definition) is 4. The number of nitrogens with one attached hydrogen (secondary N) is 1. The van der Waals surface area contributed by atoms with E-state index in [-0.39, 0.29) is 4.90 Å². The molecular formula is C18H19N3O3S. The zero-order chi connectivity index (χ0) is 18.4. The summed E-state index contributed by atoms with van der Waals surface area (Å²) in [6, 6.07) is 14.4. The molecule has 0 atom stereocenters. The number of benzene rings is 2. The van der Waals surface area contributed by atoms with E-state index in [1.54, 1.807) is 44.2 Å². The van der Waals surface area contributed by atoms with Crippen LogP contribution < -0.4 is 5.32 Å². The van der Waals surface area contributed by atoms with Crippen LogP contribution in [-0.4, -0.2) is 31.7 Å². The van der Waals surface area contributed by atoms with Gasteiger partial charge in [0.15, 0.2) is 0 Å². The Morgan fingerprint density at radius 2 is 1.80 bits per heavy atom. The lowest BCUT2D eigenvalue weighted by atomic mass is 10.1. The zero-order valence-corrected chi connectivity index (χ0v) is 14.9. The standard InChI is InChI=1S/C18H19N3O3S/c1-3-21(4-2)25(23,24)17-10-6-9-16(12-17)20-18(22)15-8-5-7-14(11-15)13-19/h5-12H,3-4H2,1-2H3,(H,20,22). The minimum atomic E-state index is -3.60. The number of amides is 1. The highest BCUT2D eigenvalue weighted by Crippen LogP contribution is 2.20. The molecule has 0 aliphatic rings. The molecule has 0 aliphatic heterocycles. The van der Waals surface area contributed by atoms with Gasteiger partial charge in [0.2, 0.25) is 10.0 Å². The monoisotopic (exact) mass is 357 g/mol. The maximum atomic E-state index is 12.6. The van der Waals surface area contributed by atoms with Crippen LogP contribution in [0.3, 0.4) is 0 Å². The Balaban J connectivity index is 2.27. The number of nitrogens with zero attached hydrogens (tertiary/aromatic N) is 2. The average Bonchev–Trinajstić information content (AvgIpc) is 2.62. The molecule has 6 nitrogen and oxygen atoms in total. The van der Waals surface area contributed by atoms with Gasteiger partial charge in [-0.15, -0.1) is 0 Å². The van der Waals surface area contributed by atoms with E-state index in [9.17, 15) is 13.2 Å². The van der Waals surface area contributed by atoms with Crippen molar-refractivity contribution in [3.63, 3.8) is 0 Å². The maximum Gasteiger partial charge on any atom is 0.255 e. The molecule has 0 unspecified atom stereocenters. The molecule has 25 heavy (non-hydrogen) atoms. The molecule has 1 N–H and O–H groups in total. The summed E-state index contributed by atoms with van der Waals surface area (Å²) >= 11 is 0. The number of anilines is 1. The van der Waals surface area contributed by atoms with Gasteiger partial charge in [-0.05, 0) is 36.4 Å². The smallest absolute Gasteiger partial charge is 0.255 e. The number of hydrogen-bond donors (Lipinski definition) is 1. The van der Waals surface area contributed by atoms with Gasteiger partial charge >= 0.3 is 0 Å². The molecule has 0 saturated heterocycles. The highest BCUT2D eigenvalue weighted by Gasteiger charge is 2.21. The molecule has 0 fully saturated rings. The number of carbonyl (C=O) groups excluding carboxylic acids is 1. The molecule has 0 saturated carbocycles. The van der Waals surface area contributed by atoms with Crippen molar-refractivity contribution in [2.24, 2.45) is 0 Å². The van der Waals surface area contributed by atoms with Gasteiger partial charge in [0.1, 0.15) is 0 Å². The van der Waals surface area contributed by atoms with Crippen LogP contribution in [0.15, 0.2) is 53.4 Å². The van der Waals surface area contributed by atoms with Gasteiger partial charge in [-0.25, -0.2) is 8.42 Å². The van der Waals surface area contributed by atoms with Crippen LogP contribution in [0.4, 0.5) is 5.69 Å². The van der Waals surface area contributed by atoms with E-state index in [1.807, 2.05) is 6.07 Å². The summed E-state index contributed by atoms with van der Waals surface area (Å²) in [4.78, 5) is 12.4. The first-order valence-corrected chi connectivity index (χ1v) is 9.28. The van der Waals surface area contributed by atoms with E-state index in [4.69, 9.17) is 5.26 Å². The van der Waals surface area contributed by atoms with Crippen LogP contribution in [0.2, 0.25) is 0 Å². The normalized spacial score (nSPS) is 11.1. The molecule has 0 aromatic heterocycles. The average molecular weight is 357 g/mol. The lowest BCUT2D eigenvalue weighted by molar-refractivity contribution is 0.102. The van der Waals surface area contributed by atoms with Gasteiger partial charge < -0.3 is 5.32 Å². The van der Waals surface area contributed by atoms with Crippen molar-refractivity contribution in [1.82, 2.24) is 4.31 Å². The van der Waals surface area contributed by atoms with Crippen molar-refractivity contribution in [3.05, 3.63) is 59.7 Å². The van der Waals surface area contributed by atoms with Gasteiger partial charge in [0, 0.05) is 24.3 Å². The van der Waals surface area contributed by atoms with E-state index in [1.165, 1.54) is 22.5 Å². The first kappa shape index (κ1) is 18.6. The third kappa shape index (κ3) is 4.24. The van der Waals surface area contributed by atoms with E-state index < -0.39 is 15.9 Å². The van der Waals surface area contributed by atoms with Gasteiger partial charge in [0.25, 0.3) is 5.91 Å². The third-order valence-electron chi connectivity index (χ3n) is 3.69. The van der Waals surface area contributed by atoms with E-state index in [2.05, 4.69) is 5.32 Å². The Morgan fingerprint density at radius 3 is 2.44 bits per heavy atom. The predicted octanol–water partition coefficient (Wildman–Crippen LogP) is 2.84. The summed E-state index contributed by atoms with van der Waals surface area (Å²) in [5.74, 6) is -0.408. The largest absolute Gasteiger partial charge is 0.322 e. The number of rotatable bonds is 6. The Morgan fingerprint density at radius 1 is 1.12 bits per heavy atom. The lowest BCUT2D eigenvalue weighted by Gasteiger charge is -2.18. The lowest BCUT2D eigenvalue weighted by Crippen LogP contribution is -2.30. The molecule has 7 heteroatoms.